The number of nitrogens with zero attached hydrogens (tertiary/aromatic N) is 2. The maximum absolute atomic E-state index is 6.35. The average Bonchev–Trinajstić information content (AvgIpc) is 2.98. The largest absolute Gasteiger partial charge is 0.337 e. The van der Waals surface area contributed by atoms with Crippen LogP contribution in [0.4, 0.5) is 0 Å². The number of hydrogen-bond acceptors (Lipinski definition) is 4. The molecule has 3 rings (SSSR count). The van der Waals surface area contributed by atoms with Crippen LogP contribution in [0.2, 0.25) is 0 Å². The first kappa shape index (κ1) is 12.2. The third kappa shape index (κ3) is 2.18. The van der Waals surface area contributed by atoms with Crippen molar-refractivity contribution >= 4 is 0 Å². The van der Waals surface area contributed by atoms with Crippen LogP contribution in [0.1, 0.15) is 75.9 Å². The molecule has 0 aromatic carbocycles. The molecule has 18 heavy (non-hydrogen) atoms. The SMILES string of the molecule is CC1CCCC(c2noc(C3(N)CCCC3)n2)C1. The topological polar surface area (TPSA) is 64.9 Å². The predicted molar refractivity (Wildman–Crippen MR) is 69.0 cm³/mol. The molecule has 1 aromatic heterocycles. The Hall–Kier alpha value is -0.900. The molecule has 2 N–H and O–H groups in total. The summed E-state index contributed by atoms with van der Waals surface area (Å²) in [5, 5.41) is 4.20. The van der Waals surface area contributed by atoms with Gasteiger partial charge in [0.05, 0.1) is 5.54 Å². The fourth-order valence-corrected chi connectivity index (χ4v) is 3.49. The molecule has 0 aliphatic heterocycles. The standard InChI is InChI=1S/C14H23N3O/c1-10-5-4-6-11(9-10)12-16-13(18-17-12)14(15)7-2-3-8-14/h10-11H,2-9,15H2,1H3. The van der Waals surface area contributed by atoms with E-state index in [9.17, 15) is 0 Å². The minimum Gasteiger partial charge on any atom is -0.337 e. The molecule has 2 aliphatic carbocycles. The van der Waals surface area contributed by atoms with E-state index in [1.54, 1.807) is 0 Å². The lowest BCUT2D eigenvalue weighted by Crippen LogP contribution is -2.33. The summed E-state index contributed by atoms with van der Waals surface area (Å²) in [4.78, 5) is 4.62. The van der Waals surface area contributed by atoms with Gasteiger partial charge in [-0.1, -0.05) is 37.8 Å². The van der Waals surface area contributed by atoms with Gasteiger partial charge in [-0.25, -0.2) is 0 Å². The minimum absolute atomic E-state index is 0.342. The highest BCUT2D eigenvalue weighted by Crippen LogP contribution is 2.38. The molecule has 2 aliphatic rings. The highest BCUT2D eigenvalue weighted by Gasteiger charge is 2.37. The fraction of sp³-hybridized carbons (Fsp3) is 0.857. The molecular formula is C14H23N3O. The van der Waals surface area contributed by atoms with Crippen molar-refractivity contribution in [2.45, 2.75) is 69.7 Å². The van der Waals surface area contributed by atoms with Gasteiger partial charge in [-0.15, -0.1) is 0 Å². The fourth-order valence-electron chi connectivity index (χ4n) is 3.49. The Balaban J connectivity index is 1.76. The zero-order valence-corrected chi connectivity index (χ0v) is 11.2. The van der Waals surface area contributed by atoms with E-state index >= 15 is 0 Å². The molecule has 0 spiro atoms. The number of nitrogens with two attached hydrogens (primary N) is 1. The van der Waals surface area contributed by atoms with E-state index in [2.05, 4.69) is 17.1 Å². The quantitative estimate of drug-likeness (QED) is 0.874. The van der Waals surface area contributed by atoms with E-state index in [-0.39, 0.29) is 5.54 Å². The van der Waals surface area contributed by atoms with E-state index in [4.69, 9.17) is 10.3 Å². The molecule has 2 saturated carbocycles. The van der Waals surface area contributed by atoms with Crippen LogP contribution in [0.25, 0.3) is 0 Å². The molecule has 2 atom stereocenters. The molecule has 0 radical (unpaired) electrons. The lowest BCUT2D eigenvalue weighted by molar-refractivity contribution is 0.279. The summed E-state index contributed by atoms with van der Waals surface area (Å²) in [6.45, 7) is 2.31. The Labute approximate surface area is 108 Å². The van der Waals surface area contributed by atoms with Gasteiger partial charge in [-0.2, -0.15) is 4.98 Å². The molecule has 100 valence electrons. The van der Waals surface area contributed by atoms with Crippen LogP contribution in [-0.4, -0.2) is 10.1 Å². The van der Waals surface area contributed by atoms with Crippen LogP contribution in [0.3, 0.4) is 0 Å². The van der Waals surface area contributed by atoms with Crippen LogP contribution in [-0.2, 0) is 5.54 Å². The third-order valence-corrected chi connectivity index (χ3v) is 4.66. The maximum atomic E-state index is 6.35. The van der Waals surface area contributed by atoms with Crippen LogP contribution >= 0.6 is 0 Å². The van der Waals surface area contributed by atoms with Gasteiger partial charge < -0.3 is 10.3 Å². The van der Waals surface area contributed by atoms with Gasteiger partial charge >= 0.3 is 0 Å². The Morgan fingerprint density at radius 2 is 2.00 bits per heavy atom. The van der Waals surface area contributed by atoms with Gasteiger partial charge in [-0.05, 0) is 31.6 Å². The Bertz CT molecular complexity index is 409. The van der Waals surface area contributed by atoms with E-state index in [0.717, 1.165) is 24.6 Å². The predicted octanol–water partition coefficient (Wildman–Crippen LogP) is 3.09. The lowest BCUT2D eigenvalue weighted by atomic mass is 9.82. The molecule has 0 amide bonds. The van der Waals surface area contributed by atoms with E-state index in [1.165, 1.54) is 38.5 Å². The van der Waals surface area contributed by atoms with Crippen molar-refractivity contribution in [2.75, 3.05) is 0 Å². The van der Waals surface area contributed by atoms with Crippen molar-refractivity contribution in [1.82, 2.24) is 10.1 Å². The normalized spacial score (nSPS) is 31.7. The van der Waals surface area contributed by atoms with Crippen LogP contribution < -0.4 is 5.73 Å². The smallest absolute Gasteiger partial charge is 0.246 e. The summed E-state index contributed by atoms with van der Waals surface area (Å²) < 4.78 is 5.45. The zero-order valence-electron chi connectivity index (χ0n) is 11.2. The van der Waals surface area contributed by atoms with Crippen LogP contribution in [0.15, 0.2) is 4.52 Å². The second-order valence-electron chi connectivity index (χ2n) is 6.29. The molecule has 2 fully saturated rings. The summed E-state index contributed by atoms with van der Waals surface area (Å²) in [6.07, 6.45) is 9.32. The zero-order chi connectivity index (χ0) is 12.6. The highest BCUT2D eigenvalue weighted by molar-refractivity contribution is 5.07. The van der Waals surface area contributed by atoms with Crippen molar-refractivity contribution in [3.63, 3.8) is 0 Å². The van der Waals surface area contributed by atoms with Crippen LogP contribution in [0.5, 0.6) is 0 Å². The number of rotatable bonds is 2. The monoisotopic (exact) mass is 249 g/mol. The lowest BCUT2D eigenvalue weighted by Gasteiger charge is -2.24. The number of aromatic nitrogens is 2. The molecule has 4 heteroatoms. The molecule has 1 aromatic rings. The first-order valence-corrected chi connectivity index (χ1v) is 7.30. The van der Waals surface area contributed by atoms with Gasteiger partial charge in [0.2, 0.25) is 5.89 Å². The maximum Gasteiger partial charge on any atom is 0.246 e. The summed E-state index contributed by atoms with van der Waals surface area (Å²) in [6, 6.07) is 0. The van der Waals surface area contributed by atoms with Gasteiger partial charge in [0, 0.05) is 5.92 Å². The van der Waals surface area contributed by atoms with Crippen molar-refractivity contribution in [1.29, 1.82) is 0 Å². The molecule has 0 bridgehead atoms. The summed E-state index contributed by atoms with van der Waals surface area (Å²) in [7, 11) is 0. The molecule has 2 unspecified atom stereocenters. The molecule has 0 saturated heterocycles. The van der Waals surface area contributed by atoms with Crippen molar-refractivity contribution in [3.05, 3.63) is 11.7 Å². The second-order valence-corrected chi connectivity index (χ2v) is 6.29. The van der Waals surface area contributed by atoms with E-state index < -0.39 is 0 Å². The molecule has 1 heterocycles. The minimum atomic E-state index is -0.342. The van der Waals surface area contributed by atoms with Crippen LogP contribution in [0, 0.1) is 5.92 Å². The Kier molecular flexibility index (Phi) is 3.14. The Morgan fingerprint density at radius 3 is 2.72 bits per heavy atom. The van der Waals surface area contributed by atoms with Crippen molar-refractivity contribution in [2.24, 2.45) is 11.7 Å². The highest BCUT2D eigenvalue weighted by atomic mass is 16.5. The third-order valence-electron chi connectivity index (χ3n) is 4.66. The summed E-state index contributed by atoms with van der Waals surface area (Å²) >= 11 is 0. The first-order chi connectivity index (χ1) is 8.67. The van der Waals surface area contributed by atoms with Gasteiger partial charge in [0.25, 0.3) is 0 Å². The van der Waals surface area contributed by atoms with Gasteiger partial charge in [-0.3, -0.25) is 0 Å². The van der Waals surface area contributed by atoms with E-state index in [1.807, 2.05) is 0 Å². The second kappa shape index (κ2) is 4.65. The summed E-state index contributed by atoms with van der Waals surface area (Å²) in [5.74, 6) is 2.83. The first-order valence-electron chi connectivity index (χ1n) is 7.30. The number of hydrogen-bond donors (Lipinski definition) is 1. The van der Waals surface area contributed by atoms with Gasteiger partial charge in [0.15, 0.2) is 5.82 Å². The molecule has 4 nitrogen and oxygen atoms in total. The summed E-state index contributed by atoms with van der Waals surface area (Å²) in [5.41, 5.74) is 6.01. The van der Waals surface area contributed by atoms with E-state index in [0.29, 0.717) is 11.8 Å². The average molecular weight is 249 g/mol. The molecular weight excluding hydrogens is 226 g/mol. The van der Waals surface area contributed by atoms with Crippen molar-refractivity contribution < 1.29 is 4.52 Å². The van der Waals surface area contributed by atoms with Gasteiger partial charge in [0.1, 0.15) is 0 Å². The van der Waals surface area contributed by atoms with Crippen molar-refractivity contribution in [3.8, 4) is 0 Å². The Morgan fingerprint density at radius 1 is 1.22 bits per heavy atom.